The predicted molar refractivity (Wildman–Crippen MR) is 119 cm³/mol. The van der Waals surface area contributed by atoms with Crippen molar-refractivity contribution in [3.63, 3.8) is 0 Å². The van der Waals surface area contributed by atoms with E-state index in [-0.39, 0.29) is 12.0 Å². The number of carboxylic acid groups (broad SMARTS) is 1. The van der Waals surface area contributed by atoms with Gasteiger partial charge in [-0.1, -0.05) is 50.3 Å². The molecule has 1 aromatic heterocycles. The number of allylic oxidation sites excluding steroid dienone is 2. The van der Waals surface area contributed by atoms with Gasteiger partial charge in [0.1, 0.15) is 10.6 Å². The van der Waals surface area contributed by atoms with E-state index in [9.17, 15) is 19.5 Å². The van der Waals surface area contributed by atoms with Crippen LogP contribution in [-0.2, 0) is 14.3 Å². The van der Waals surface area contributed by atoms with Crippen LogP contribution in [-0.4, -0.2) is 25.0 Å². The quantitative estimate of drug-likeness (QED) is 0.543. The molecule has 1 heterocycles. The number of nitrogens with one attached hydrogen (secondary N) is 1. The summed E-state index contributed by atoms with van der Waals surface area (Å²) < 4.78 is 5.00. The maximum atomic E-state index is 12.9. The number of esters is 1. The van der Waals surface area contributed by atoms with Crippen molar-refractivity contribution in [2.24, 2.45) is 11.8 Å². The van der Waals surface area contributed by atoms with Gasteiger partial charge < -0.3 is 20.0 Å². The minimum Gasteiger partial charge on any atom is -0.550 e. The lowest BCUT2D eigenvalue weighted by Crippen LogP contribution is -2.41. The number of hydrogen-bond donors (Lipinski definition) is 1. The van der Waals surface area contributed by atoms with Gasteiger partial charge in [-0.15, -0.1) is 11.3 Å². The summed E-state index contributed by atoms with van der Waals surface area (Å²) in [7, 11) is 1.30. The number of rotatable bonds is 6. The number of methoxy groups -OCH3 is 1. The van der Waals surface area contributed by atoms with Crippen molar-refractivity contribution >= 4 is 34.2 Å². The Labute approximate surface area is 185 Å². The van der Waals surface area contributed by atoms with Crippen molar-refractivity contribution in [2.75, 3.05) is 12.4 Å². The number of benzene rings is 1. The largest absolute Gasteiger partial charge is 0.550 e. The summed E-state index contributed by atoms with van der Waals surface area (Å²) in [6, 6.07) is 7.96. The summed E-state index contributed by atoms with van der Waals surface area (Å²) in [5.74, 6) is -3.50. The van der Waals surface area contributed by atoms with Gasteiger partial charge in [-0.25, -0.2) is 4.79 Å². The molecule has 164 valence electrons. The molecular weight excluding hydrogens is 414 g/mol. The van der Waals surface area contributed by atoms with E-state index < -0.39 is 29.7 Å². The highest BCUT2D eigenvalue weighted by atomic mass is 32.1. The number of carboxylic acids is 1. The van der Waals surface area contributed by atoms with Gasteiger partial charge in [0.25, 0.3) is 0 Å². The van der Waals surface area contributed by atoms with Gasteiger partial charge in [-0.05, 0) is 36.8 Å². The van der Waals surface area contributed by atoms with Crippen molar-refractivity contribution in [3.8, 4) is 11.1 Å². The molecule has 31 heavy (non-hydrogen) atoms. The van der Waals surface area contributed by atoms with Crippen molar-refractivity contribution in [1.82, 2.24) is 0 Å². The Balaban J connectivity index is 1.98. The second-order valence-corrected chi connectivity index (χ2v) is 9.19. The molecule has 1 aliphatic carbocycles. The van der Waals surface area contributed by atoms with Crippen LogP contribution in [0, 0.1) is 18.8 Å². The second kappa shape index (κ2) is 9.47. The van der Waals surface area contributed by atoms with Gasteiger partial charge in [-0.2, -0.15) is 0 Å². The minimum absolute atomic E-state index is 0.251. The van der Waals surface area contributed by atoms with E-state index in [0.717, 1.165) is 10.4 Å². The normalized spacial score (nSPS) is 18.1. The lowest BCUT2D eigenvalue weighted by molar-refractivity contribution is -0.313. The third-order valence-electron chi connectivity index (χ3n) is 5.65. The molecule has 0 saturated heterocycles. The molecule has 1 aromatic carbocycles. The van der Waals surface area contributed by atoms with Crippen molar-refractivity contribution < 1.29 is 24.2 Å². The Morgan fingerprint density at radius 2 is 1.71 bits per heavy atom. The SMILES string of the molecule is COC(=O)c1c(NC(=O)[C@H]2CC=CC[C@H]2C(=O)[O-])sc(C)c1-c1ccc(C(C)C)cc1. The molecule has 2 atom stereocenters. The Morgan fingerprint density at radius 1 is 1.10 bits per heavy atom. The van der Waals surface area contributed by atoms with E-state index in [1.807, 2.05) is 31.2 Å². The van der Waals surface area contributed by atoms with Crippen LogP contribution in [0.4, 0.5) is 5.00 Å². The molecule has 2 aromatic rings. The molecule has 3 rings (SSSR count). The summed E-state index contributed by atoms with van der Waals surface area (Å²) in [6.07, 6.45) is 4.11. The lowest BCUT2D eigenvalue weighted by atomic mass is 9.82. The smallest absolute Gasteiger partial charge is 0.341 e. The molecule has 0 unspecified atom stereocenters. The molecule has 1 amide bonds. The van der Waals surface area contributed by atoms with E-state index in [2.05, 4.69) is 19.2 Å². The monoisotopic (exact) mass is 440 g/mol. The van der Waals surface area contributed by atoms with E-state index in [1.54, 1.807) is 12.2 Å². The van der Waals surface area contributed by atoms with Gasteiger partial charge >= 0.3 is 5.97 Å². The van der Waals surface area contributed by atoms with Crippen LogP contribution in [0.1, 0.15) is 53.4 Å². The zero-order valence-corrected chi connectivity index (χ0v) is 18.9. The average molecular weight is 441 g/mol. The van der Waals surface area contributed by atoms with Crippen LogP contribution < -0.4 is 10.4 Å². The second-order valence-electron chi connectivity index (χ2n) is 7.97. The molecule has 0 radical (unpaired) electrons. The molecule has 1 N–H and O–H groups in total. The van der Waals surface area contributed by atoms with Gasteiger partial charge in [0.05, 0.1) is 13.0 Å². The number of hydrogen-bond acceptors (Lipinski definition) is 6. The molecule has 6 nitrogen and oxygen atoms in total. The zero-order chi connectivity index (χ0) is 22.7. The fourth-order valence-electron chi connectivity index (χ4n) is 3.88. The summed E-state index contributed by atoms with van der Waals surface area (Å²) >= 11 is 1.28. The number of anilines is 1. The Hall–Kier alpha value is -2.93. The van der Waals surface area contributed by atoms with Crippen LogP contribution in [0.2, 0.25) is 0 Å². The van der Waals surface area contributed by atoms with Crippen molar-refractivity contribution in [1.29, 1.82) is 0 Å². The number of amides is 1. The average Bonchev–Trinajstić information content (AvgIpc) is 3.08. The van der Waals surface area contributed by atoms with Crippen LogP contribution >= 0.6 is 11.3 Å². The Kier molecular flexibility index (Phi) is 6.95. The fourth-order valence-corrected chi connectivity index (χ4v) is 4.95. The third kappa shape index (κ3) is 4.71. The van der Waals surface area contributed by atoms with Crippen molar-refractivity contribution in [3.05, 3.63) is 52.4 Å². The van der Waals surface area contributed by atoms with Crippen molar-refractivity contribution in [2.45, 2.75) is 39.5 Å². The first kappa shape index (κ1) is 22.7. The van der Waals surface area contributed by atoms with E-state index in [0.29, 0.717) is 22.9 Å². The van der Waals surface area contributed by atoms with Gasteiger partial charge in [0.15, 0.2) is 0 Å². The molecule has 0 saturated carbocycles. The highest BCUT2D eigenvalue weighted by Crippen LogP contribution is 2.41. The Bertz CT molecular complexity index is 1020. The first-order valence-corrected chi connectivity index (χ1v) is 11.0. The number of thiophene rings is 1. The molecular formula is C24H26NO5S-. The molecule has 1 aliphatic rings. The predicted octanol–water partition coefficient (Wildman–Crippen LogP) is 3.90. The maximum absolute atomic E-state index is 12.9. The minimum atomic E-state index is -1.24. The van der Waals surface area contributed by atoms with Crippen LogP contribution in [0.25, 0.3) is 11.1 Å². The van der Waals surface area contributed by atoms with Crippen LogP contribution in [0.3, 0.4) is 0 Å². The first-order chi connectivity index (χ1) is 14.7. The van der Waals surface area contributed by atoms with E-state index in [1.165, 1.54) is 24.0 Å². The third-order valence-corrected chi connectivity index (χ3v) is 6.67. The summed E-state index contributed by atoms with van der Waals surface area (Å²) in [4.78, 5) is 37.9. The van der Waals surface area contributed by atoms with E-state index in [4.69, 9.17) is 4.74 Å². The lowest BCUT2D eigenvalue weighted by Gasteiger charge is -2.28. The van der Waals surface area contributed by atoms with Gasteiger partial charge in [0, 0.05) is 22.3 Å². The summed E-state index contributed by atoms with van der Waals surface area (Å²) in [6.45, 7) is 6.10. The number of ether oxygens (including phenoxy) is 1. The molecule has 0 spiro atoms. The first-order valence-electron chi connectivity index (χ1n) is 10.2. The Morgan fingerprint density at radius 3 is 2.26 bits per heavy atom. The number of carbonyl (C=O) groups excluding carboxylic acids is 3. The highest BCUT2D eigenvalue weighted by molar-refractivity contribution is 7.17. The van der Waals surface area contributed by atoms with E-state index >= 15 is 0 Å². The highest BCUT2D eigenvalue weighted by Gasteiger charge is 2.32. The number of carbonyl (C=O) groups is 3. The molecule has 0 aliphatic heterocycles. The van der Waals surface area contributed by atoms with Gasteiger partial charge in [0.2, 0.25) is 5.91 Å². The summed E-state index contributed by atoms with van der Waals surface area (Å²) in [5.41, 5.74) is 3.03. The fraction of sp³-hybridized carbons (Fsp3) is 0.375. The van der Waals surface area contributed by atoms with Gasteiger partial charge in [-0.3, -0.25) is 4.79 Å². The topological polar surface area (TPSA) is 95.5 Å². The maximum Gasteiger partial charge on any atom is 0.341 e. The van der Waals surface area contributed by atoms with Crippen LogP contribution in [0.5, 0.6) is 0 Å². The van der Waals surface area contributed by atoms with Crippen LogP contribution in [0.15, 0.2) is 36.4 Å². The molecule has 7 heteroatoms. The molecule has 0 fully saturated rings. The number of aliphatic carboxylic acids is 1. The molecule has 0 bridgehead atoms. The number of aryl methyl sites for hydroxylation is 1. The summed E-state index contributed by atoms with van der Waals surface area (Å²) in [5, 5.41) is 14.6. The standard InChI is InChI=1S/C24H27NO5S/c1-13(2)15-9-11-16(12-10-15)19-14(3)31-22(20(19)24(29)30-4)25-21(26)17-7-5-6-8-18(17)23(27)28/h5-6,9-13,17-18H,7-8H2,1-4H3,(H,25,26)(H,27,28)/p-1/t17-,18+/m0/s1. The zero-order valence-electron chi connectivity index (χ0n) is 18.1.